The number of carbonyl (C=O) groups is 2. The first kappa shape index (κ1) is 20.3. The minimum absolute atomic E-state index is 0.0533. The number of amides is 2. The quantitative estimate of drug-likeness (QED) is 0.750. The van der Waals surface area contributed by atoms with E-state index in [9.17, 15) is 9.59 Å². The van der Waals surface area contributed by atoms with Gasteiger partial charge in [-0.1, -0.05) is 17.3 Å². The van der Waals surface area contributed by atoms with Gasteiger partial charge in [0.2, 0.25) is 5.91 Å². The van der Waals surface area contributed by atoms with Crippen molar-refractivity contribution in [3.8, 4) is 0 Å². The highest BCUT2D eigenvalue weighted by Gasteiger charge is 2.14. The van der Waals surface area contributed by atoms with E-state index in [4.69, 9.17) is 0 Å². The molecular formula is C19H26N6O2S. The number of likely N-dealkylation sites (N-methyl/N-ethyl adjacent to an activating group) is 1. The topological polar surface area (TPSA) is 83.4 Å². The molecule has 0 unspecified atom stereocenters. The fourth-order valence-corrected chi connectivity index (χ4v) is 3.80. The summed E-state index contributed by atoms with van der Waals surface area (Å²) in [6, 6.07) is 7.89. The summed E-state index contributed by atoms with van der Waals surface area (Å²) in [5.74, 6) is 1.98. The Morgan fingerprint density at radius 3 is 2.57 bits per heavy atom. The number of hydrogen-bond donors (Lipinski definition) is 1. The molecule has 150 valence electrons. The molecule has 1 saturated heterocycles. The number of nitrogens with one attached hydrogen (secondary N) is 1. The number of aromatic nitrogens is 3. The second-order valence-electron chi connectivity index (χ2n) is 6.94. The zero-order valence-electron chi connectivity index (χ0n) is 16.3. The fraction of sp³-hybridized carbons (Fsp3) is 0.474. The van der Waals surface area contributed by atoms with Gasteiger partial charge in [0.15, 0.2) is 5.69 Å². The number of thioether (sulfide) groups is 1. The number of benzene rings is 1. The maximum Gasteiger partial charge on any atom is 0.277 e. The lowest BCUT2D eigenvalue weighted by Gasteiger charge is -2.26. The van der Waals surface area contributed by atoms with Crippen molar-refractivity contribution >= 4 is 29.3 Å². The largest absolute Gasteiger partial charge is 0.347 e. The molecule has 0 saturated carbocycles. The van der Waals surface area contributed by atoms with Gasteiger partial charge in [0.25, 0.3) is 5.91 Å². The Balaban J connectivity index is 1.50. The zero-order chi connectivity index (χ0) is 19.9. The highest BCUT2D eigenvalue weighted by Crippen LogP contribution is 2.13. The molecule has 0 aliphatic carbocycles. The molecule has 0 spiro atoms. The Morgan fingerprint density at radius 2 is 1.89 bits per heavy atom. The molecular weight excluding hydrogens is 376 g/mol. The summed E-state index contributed by atoms with van der Waals surface area (Å²) in [6.07, 6.45) is 2.48. The van der Waals surface area contributed by atoms with E-state index >= 15 is 0 Å². The molecule has 1 N–H and O–H groups in total. The summed E-state index contributed by atoms with van der Waals surface area (Å²) in [6.45, 7) is 3.46. The second-order valence-corrected chi connectivity index (χ2v) is 8.17. The number of carbonyl (C=O) groups excluding carboxylic acids is 2. The molecule has 2 amide bonds. The van der Waals surface area contributed by atoms with Crippen molar-refractivity contribution in [3.63, 3.8) is 0 Å². The van der Waals surface area contributed by atoms with Crippen LogP contribution in [-0.2, 0) is 17.8 Å². The van der Waals surface area contributed by atoms with Gasteiger partial charge in [-0.3, -0.25) is 9.59 Å². The first-order valence-corrected chi connectivity index (χ1v) is 10.5. The van der Waals surface area contributed by atoms with Gasteiger partial charge in [-0.15, -0.1) is 5.10 Å². The van der Waals surface area contributed by atoms with Crippen LogP contribution in [0, 0.1) is 0 Å². The van der Waals surface area contributed by atoms with Gasteiger partial charge in [-0.05, 0) is 24.1 Å². The minimum Gasteiger partial charge on any atom is -0.347 e. The van der Waals surface area contributed by atoms with Crippen LogP contribution in [0.3, 0.4) is 0 Å². The molecule has 0 radical (unpaired) electrons. The Kier molecular flexibility index (Phi) is 7.05. The van der Waals surface area contributed by atoms with E-state index in [0.29, 0.717) is 5.69 Å². The third-order valence-electron chi connectivity index (χ3n) is 4.60. The van der Waals surface area contributed by atoms with E-state index in [-0.39, 0.29) is 24.1 Å². The number of hydrogen-bond acceptors (Lipinski definition) is 6. The average Bonchev–Trinajstić information content (AvgIpc) is 3.17. The van der Waals surface area contributed by atoms with Crippen LogP contribution < -0.4 is 5.32 Å². The smallest absolute Gasteiger partial charge is 0.277 e. The second kappa shape index (κ2) is 9.70. The number of rotatable bonds is 7. The van der Waals surface area contributed by atoms with E-state index in [1.165, 1.54) is 45.9 Å². The third-order valence-corrected chi connectivity index (χ3v) is 5.54. The van der Waals surface area contributed by atoms with Gasteiger partial charge in [-0.25, -0.2) is 4.68 Å². The van der Waals surface area contributed by atoms with Crippen molar-refractivity contribution in [1.29, 1.82) is 0 Å². The van der Waals surface area contributed by atoms with Gasteiger partial charge in [0.05, 0.1) is 6.20 Å². The molecule has 0 atom stereocenters. The van der Waals surface area contributed by atoms with Gasteiger partial charge in [-0.2, -0.15) is 11.8 Å². The number of nitrogens with zero attached hydrogens (tertiary/aromatic N) is 5. The van der Waals surface area contributed by atoms with Crippen molar-refractivity contribution in [2.45, 2.75) is 13.0 Å². The van der Waals surface area contributed by atoms with E-state index < -0.39 is 0 Å². The van der Waals surface area contributed by atoms with Gasteiger partial charge in [0, 0.05) is 50.9 Å². The van der Waals surface area contributed by atoms with E-state index in [2.05, 4.69) is 20.5 Å². The fourth-order valence-electron chi connectivity index (χ4n) is 2.82. The summed E-state index contributed by atoms with van der Waals surface area (Å²) >= 11 is 2.02. The number of anilines is 1. The van der Waals surface area contributed by atoms with Crippen LogP contribution in [0.1, 0.15) is 16.1 Å². The van der Waals surface area contributed by atoms with Crippen molar-refractivity contribution in [2.24, 2.45) is 0 Å². The summed E-state index contributed by atoms with van der Waals surface area (Å²) in [4.78, 5) is 28.0. The lowest BCUT2D eigenvalue weighted by atomic mass is 10.1. The maximum atomic E-state index is 12.3. The molecule has 28 heavy (non-hydrogen) atoms. The van der Waals surface area contributed by atoms with Crippen molar-refractivity contribution in [2.75, 3.05) is 50.6 Å². The standard InChI is InChI=1S/C19H26N6O2S/c1-23(2)18(26)14-25-13-17(21-22-25)19(27)20-16-5-3-15(4-6-16)7-8-24-9-11-28-12-10-24/h3-6,13H,7-12,14H2,1-2H3,(H,20,27). The molecule has 2 aromatic rings. The molecule has 1 aromatic carbocycles. The monoisotopic (exact) mass is 402 g/mol. The maximum absolute atomic E-state index is 12.3. The summed E-state index contributed by atoms with van der Waals surface area (Å²) in [5.41, 5.74) is 2.14. The first-order valence-electron chi connectivity index (χ1n) is 9.32. The SMILES string of the molecule is CN(C)C(=O)Cn1cc(C(=O)Nc2ccc(CCN3CCSCC3)cc2)nn1. The van der Waals surface area contributed by atoms with Crippen LogP contribution in [-0.4, -0.2) is 81.8 Å². The van der Waals surface area contributed by atoms with Crippen molar-refractivity contribution in [1.82, 2.24) is 24.8 Å². The van der Waals surface area contributed by atoms with Gasteiger partial charge < -0.3 is 15.1 Å². The molecule has 3 rings (SSSR count). The van der Waals surface area contributed by atoms with Gasteiger partial charge >= 0.3 is 0 Å². The Morgan fingerprint density at radius 1 is 1.18 bits per heavy atom. The van der Waals surface area contributed by atoms with E-state index in [1.54, 1.807) is 14.1 Å². The Hall–Kier alpha value is -2.39. The predicted octanol–water partition coefficient (Wildman–Crippen LogP) is 1.21. The highest BCUT2D eigenvalue weighted by atomic mass is 32.2. The molecule has 1 aliphatic rings. The summed E-state index contributed by atoms with van der Waals surface area (Å²) in [5, 5.41) is 10.5. The third kappa shape index (κ3) is 5.80. The van der Waals surface area contributed by atoms with Crippen LogP contribution in [0.2, 0.25) is 0 Å². The van der Waals surface area contributed by atoms with Crippen molar-refractivity contribution < 1.29 is 9.59 Å². The Bertz CT molecular complexity index is 799. The molecule has 1 aromatic heterocycles. The Labute approximate surface area is 169 Å². The molecule has 2 heterocycles. The van der Waals surface area contributed by atoms with Crippen LogP contribution in [0.5, 0.6) is 0 Å². The zero-order valence-corrected chi connectivity index (χ0v) is 17.1. The van der Waals surface area contributed by atoms with Crippen LogP contribution in [0.15, 0.2) is 30.5 Å². The molecule has 8 nitrogen and oxygen atoms in total. The summed E-state index contributed by atoms with van der Waals surface area (Å²) < 4.78 is 1.36. The van der Waals surface area contributed by atoms with Crippen LogP contribution in [0.25, 0.3) is 0 Å². The van der Waals surface area contributed by atoms with E-state index in [1.807, 2.05) is 36.0 Å². The van der Waals surface area contributed by atoms with Crippen molar-refractivity contribution in [3.05, 3.63) is 41.7 Å². The van der Waals surface area contributed by atoms with Gasteiger partial charge in [0.1, 0.15) is 6.54 Å². The van der Waals surface area contributed by atoms with E-state index in [0.717, 1.165) is 13.0 Å². The molecule has 0 bridgehead atoms. The normalized spacial score (nSPS) is 14.6. The van der Waals surface area contributed by atoms with Crippen LogP contribution in [0.4, 0.5) is 5.69 Å². The first-order chi connectivity index (χ1) is 13.5. The van der Waals surface area contributed by atoms with Crippen LogP contribution >= 0.6 is 11.8 Å². The summed E-state index contributed by atoms with van der Waals surface area (Å²) in [7, 11) is 3.34. The lowest BCUT2D eigenvalue weighted by Crippen LogP contribution is -2.34. The lowest BCUT2D eigenvalue weighted by molar-refractivity contribution is -0.129. The molecule has 1 fully saturated rings. The highest BCUT2D eigenvalue weighted by molar-refractivity contribution is 7.99. The average molecular weight is 403 g/mol. The minimum atomic E-state index is -0.345. The molecule has 9 heteroatoms. The predicted molar refractivity (Wildman–Crippen MR) is 111 cm³/mol. The molecule has 1 aliphatic heterocycles.